The molecule has 5 nitrogen and oxygen atoms in total. The number of H-pyrrole nitrogens is 1. The van der Waals surface area contributed by atoms with Crippen molar-refractivity contribution in [2.75, 3.05) is 0 Å². The minimum atomic E-state index is -1.21. The molecule has 0 spiro atoms. The summed E-state index contributed by atoms with van der Waals surface area (Å²) >= 11 is 0. The molecule has 3 saturated carbocycles. The number of hydrogen-bond donors (Lipinski definition) is 2. The average Bonchev–Trinajstić information content (AvgIpc) is 3.12. The molecule has 1 aromatic carbocycles. The van der Waals surface area contributed by atoms with Crippen LogP contribution in [0, 0.1) is 23.2 Å². The van der Waals surface area contributed by atoms with Gasteiger partial charge in [0.2, 0.25) is 5.91 Å². The molecule has 5 heteroatoms. The maximum Gasteiger partial charge on any atom is 0.227 e. The van der Waals surface area contributed by atoms with Crippen molar-refractivity contribution in [3.63, 3.8) is 0 Å². The normalized spacial score (nSPS) is 32.5. The average molecular weight is 365 g/mol. The molecule has 5 atom stereocenters. The Labute approximate surface area is 158 Å². The zero-order chi connectivity index (χ0) is 18.6. The van der Waals surface area contributed by atoms with Crippen LogP contribution in [-0.2, 0) is 16.0 Å². The number of fused-ring (bicyclic) bond motifs is 3. The van der Waals surface area contributed by atoms with E-state index in [0.29, 0.717) is 17.8 Å². The van der Waals surface area contributed by atoms with Crippen molar-refractivity contribution in [1.29, 1.82) is 0 Å². The maximum atomic E-state index is 13.3. The lowest BCUT2D eigenvalue weighted by Crippen LogP contribution is -2.55. The first-order valence-corrected chi connectivity index (χ1v) is 10.1. The highest BCUT2D eigenvalue weighted by Gasteiger charge is 2.58. The van der Waals surface area contributed by atoms with Crippen molar-refractivity contribution in [2.24, 2.45) is 23.2 Å². The van der Waals surface area contributed by atoms with Crippen LogP contribution in [0.3, 0.4) is 0 Å². The first kappa shape index (κ1) is 16.8. The van der Waals surface area contributed by atoms with Gasteiger partial charge in [0.25, 0.3) is 0 Å². The number of aromatic amines is 1. The van der Waals surface area contributed by atoms with E-state index in [4.69, 9.17) is 0 Å². The summed E-state index contributed by atoms with van der Waals surface area (Å²) < 4.78 is 0. The van der Waals surface area contributed by atoms with Crippen LogP contribution >= 0.6 is 0 Å². The number of carboxylic acids is 1. The van der Waals surface area contributed by atoms with Gasteiger partial charge in [-0.05, 0) is 61.5 Å². The highest BCUT2D eigenvalue weighted by Crippen LogP contribution is 2.62. The molecular weight excluding hydrogens is 340 g/mol. The van der Waals surface area contributed by atoms with Crippen LogP contribution in [-0.4, -0.2) is 22.9 Å². The van der Waals surface area contributed by atoms with Gasteiger partial charge in [-0.2, -0.15) is 0 Å². The molecule has 1 heterocycles. The summed E-state index contributed by atoms with van der Waals surface area (Å²) in [6.07, 6.45) is 8.69. The van der Waals surface area contributed by atoms with Crippen LogP contribution in [0.1, 0.15) is 44.1 Å². The Morgan fingerprint density at radius 2 is 2.00 bits per heavy atom. The molecule has 5 rings (SSSR count). The van der Waals surface area contributed by atoms with Gasteiger partial charge in [-0.15, -0.1) is 0 Å². The second-order valence-electron chi connectivity index (χ2n) is 8.95. The molecule has 3 aliphatic carbocycles. The second-order valence-corrected chi connectivity index (χ2v) is 8.95. The van der Waals surface area contributed by atoms with Gasteiger partial charge in [0, 0.05) is 23.5 Å². The number of rotatable bonds is 5. The summed E-state index contributed by atoms with van der Waals surface area (Å²) in [6.45, 7) is 0. The molecule has 1 aromatic heterocycles. The highest BCUT2D eigenvalue weighted by molar-refractivity contribution is 5.89. The monoisotopic (exact) mass is 365 g/mol. The van der Waals surface area contributed by atoms with Crippen LogP contribution in [0.2, 0.25) is 0 Å². The van der Waals surface area contributed by atoms with Gasteiger partial charge in [-0.3, -0.25) is 4.79 Å². The summed E-state index contributed by atoms with van der Waals surface area (Å²) in [5.74, 6) is 0.464. The fourth-order valence-electron chi connectivity index (χ4n) is 6.33. The second kappa shape index (κ2) is 6.11. The zero-order valence-electron chi connectivity index (χ0n) is 15.4. The Bertz CT molecular complexity index is 904. The topological polar surface area (TPSA) is 85.0 Å². The number of amides is 1. The fourth-order valence-corrected chi connectivity index (χ4v) is 6.33. The van der Waals surface area contributed by atoms with E-state index in [0.717, 1.165) is 42.1 Å². The van der Waals surface area contributed by atoms with Gasteiger partial charge in [-0.25, -0.2) is 0 Å². The van der Waals surface area contributed by atoms with Crippen LogP contribution in [0.15, 0.2) is 30.5 Å². The lowest BCUT2D eigenvalue weighted by molar-refractivity contribution is -0.308. The van der Waals surface area contributed by atoms with Crippen molar-refractivity contribution >= 4 is 22.8 Å². The molecule has 0 aliphatic heterocycles. The molecule has 142 valence electrons. The lowest BCUT2D eigenvalue weighted by Gasteiger charge is -2.44. The molecular formula is C22H25N2O3-. The zero-order valence-corrected chi connectivity index (χ0v) is 15.4. The van der Waals surface area contributed by atoms with Crippen molar-refractivity contribution in [3.8, 4) is 0 Å². The van der Waals surface area contributed by atoms with E-state index in [1.165, 1.54) is 12.8 Å². The number of carbonyl (C=O) groups excluding carboxylic acids is 2. The number of carbonyl (C=O) groups is 2. The summed E-state index contributed by atoms with van der Waals surface area (Å²) in [4.78, 5) is 28.2. The van der Waals surface area contributed by atoms with Gasteiger partial charge in [0.05, 0.1) is 17.4 Å². The van der Waals surface area contributed by atoms with Gasteiger partial charge >= 0.3 is 0 Å². The predicted octanol–water partition coefficient (Wildman–Crippen LogP) is 2.16. The standard InChI is InChI=1S/C22H26N2O3/c25-20(26)19(9-15-12-23-18-4-2-1-3-17(15)18)24-21(27)22-10-13-5-6-16(22)8-14(7-13)11-22/h1-4,12-14,16,19,23H,5-11H2,(H,24,27)(H,25,26)/p-1/t13-,14-,16+,19+,22+/m1/s1. The third-order valence-electron chi connectivity index (χ3n) is 7.44. The number of aromatic nitrogens is 1. The summed E-state index contributed by atoms with van der Waals surface area (Å²) in [7, 11) is 0. The van der Waals surface area contributed by atoms with Crippen molar-refractivity contribution in [2.45, 2.75) is 51.0 Å². The van der Waals surface area contributed by atoms with Gasteiger partial charge in [0.15, 0.2) is 0 Å². The number of aliphatic carboxylic acids is 1. The van der Waals surface area contributed by atoms with Gasteiger partial charge < -0.3 is 20.2 Å². The molecule has 2 aromatic rings. The molecule has 0 saturated heterocycles. The fraction of sp³-hybridized carbons (Fsp3) is 0.545. The number of benzene rings is 1. The molecule has 0 unspecified atom stereocenters. The minimum Gasteiger partial charge on any atom is -0.548 e. The maximum absolute atomic E-state index is 13.3. The van der Waals surface area contributed by atoms with E-state index in [-0.39, 0.29) is 17.7 Å². The van der Waals surface area contributed by atoms with Crippen molar-refractivity contribution in [1.82, 2.24) is 10.3 Å². The van der Waals surface area contributed by atoms with E-state index in [1.54, 1.807) is 0 Å². The molecule has 3 bridgehead atoms. The van der Waals surface area contributed by atoms with Gasteiger partial charge in [0.1, 0.15) is 0 Å². The Kier molecular flexibility index (Phi) is 3.81. The van der Waals surface area contributed by atoms with Crippen LogP contribution in [0.4, 0.5) is 0 Å². The Balaban J connectivity index is 1.37. The molecule has 1 amide bonds. The molecule has 0 radical (unpaired) electrons. The quantitative estimate of drug-likeness (QED) is 0.851. The highest BCUT2D eigenvalue weighted by atomic mass is 16.4. The van der Waals surface area contributed by atoms with Crippen LogP contribution in [0.25, 0.3) is 10.9 Å². The van der Waals surface area contributed by atoms with E-state index >= 15 is 0 Å². The van der Waals surface area contributed by atoms with Crippen LogP contribution < -0.4 is 10.4 Å². The molecule has 3 aliphatic rings. The van der Waals surface area contributed by atoms with Crippen molar-refractivity contribution in [3.05, 3.63) is 36.0 Å². The van der Waals surface area contributed by atoms with E-state index in [9.17, 15) is 14.7 Å². The SMILES string of the molecule is O=C([O-])[C@H](Cc1c[nH]c2ccccc12)NC(=O)[C@]12C[C@@H]3CC[C@H]1C[C@@H](C3)C2. The smallest absolute Gasteiger partial charge is 0.227 e. The minimum absolute atomic E-state index is 0.0477. The largest absolute Gasteiger partial charge is 0.548 e. The molecule has 27 heavy (non-hydrogen) atoms. The van der Waals surface area contributed by atoms with E-state index < -0.39 is 12.0 Å². The first-order chi connectivity index (χ1) is 13.0. The first-order valence-electron chi connectivity index (χ1n) is 10.1. The summed E-state index contributed by atoms with van der Waals surface area (Å²) in [5.41, 5.74) is 1.53. The lowest BCUT2D eigenvalue weighted by atomic mass is 9.61. The van der Waals surface area contributed by atoms with E-state index in [2.05, 4.69) is 10.3 Å². The third kappa shape index (κ3) is 2.67. The molecule has 2 N–H and O–H groups in total. The number of hydrogen-bond acceptors (Lipinski definition) is 3. The Hall–Kier alpha value is -2.30. The summed E-state index contributed by atoms with van der Waals surface area (Å²) in [5, 5.41) is 15.7. The van der Waals surface area contributed by atoms with Crippen LogP contribution in [0.5, 0.6) is 0 Å². The Morgan fingerprint density at radius 1 is 1.19 bits per heavy atom. The van der Waals surface area contributed by atoms with Crippen molar-refractivity contribution < 1.29 is 14.7 Å². The van der Waals surface area contributed by atoms with Gasteiger partial charge in [-0.1, -0.05) is 24.6 Å². The summed E-state index contributed by atoms with van der Waals surface area (Å²) in [6, 6.07) is 6.81. The number of para-hydroxylation sites is 1. The third-order valence-corrected chi connectivity index (χ3v) is 7.44. The number of nitrogens with one attached hydrogen (secondary N) is 2. The number of carboxylic acid groups (broad SMARTS) is 1. The Morgan fingerprint density at radius 3 is 2.85 bits per heavy atom. The molecule has 3 fully saturated rings. The predicted molar refractivity (Wildman–Crippen MR) is 99.5 cm³/mol. The van der Waals surface area contributed by atoms with E-state index in [1.807, 2.05) is 30.5 Å².